The van der Waals surface area contributed by atoms with Gasteiger partial charge in [-0.3, -0.25) is 9.69 Å². The van der Waals surface area contributed by atoms with Gasteiger partial charge in [-0.2, -0.15) is 0 Å². The molecule has 1 rings (SSSR count). The molecule has 1 heterocycles. The van der Waals surface area contributed by atoms with Crippen LogP contribution in [0.3, 0.4) is 0 Å². The van der Waals surface area contributed by atoms with E-state index in [2.05, 4.69) is 29.2 Å². The highest BCUT2D eigenvalue weighted by atomic mass is 16.4. The molecule has 0 saturated carbocycles. The van der Waals surface area contributed by atoms with Crippen molar-refractivity contribution in [1.29, 1.82) is 0 Å². The molecule has 1 aliphatic rings. The van der Waals surface area contributed by atoms with Crippen LogP contribution in [0.1, 0.15) is 52.9 Å². The van der Waals surface area contributed by atoms with Crippen LogP contribution in [0.15, 0.2) is 5.16 Å². The molecular weight excluding hydrogens is 254 g/mol. The molecule has 5 heteroatoms. The average Bonchev–Trinajstić information content (AvgIpc) is 2.49. The van der Waals surface area contributed by atoms with E-state index in [0.29, 0.717) is 0 Å². The van der Waals surface area contributed by atoms with Crippen molar-refractivity contribution < 1.29 is 10.0 Å². The minimum Gasteiger partial charge on any atom is -0.411 e. The summed E-state index contributed by atoms with van der Waals surface area (Å²) in [5.41, 5.74) is 0.874. The maximum atomic E-state index is 12.1. The van der Waals surface area contributed by atoms with Crippen LogP contribution >= 0.6 is 0 Å². The Morgan fingerprint density at radius 1 is 1.50 bits per heavy atom. The summed E-state index contributed by atoms with van der Waals surface area (Å²) in [6, 6.07) is -0.106. The molecule has 1 aliphatic heterocycles. The lowest BCUT2D eigenvalue weighted by atomic mass is 9.92. The zero-order valence-electron chi connectivity index (χ0n) is 13.1. The fourth-order valence-electron chi connectivity index (χ4n) is 2.69. The lowest BCUT2D eigenvalue weighted by molar-refractivity contribution is -0.126. The highest BCUT2D eigenvalue weighted by Gasteiger charge is 2.30. The number of rotatable bonds is 7. The van der Waals surface area contributed by atoms with Crippen molar-refractivity contribution in [1.82, 2.24) is 10.2 Å². The smallest absolute Gasteiger partial charge is 0.237 e. The van der Waals surface area contributed by atoms with E-state index in [1.807, 2.05) is 6.92 Å². The monoisotopic (exact) mass is 283 g/mol. The van der Waals surface area contributed by atoms with Gasteiger partial charge in [-0.1, -0.05) is 31.8 Å². The third-order valence-corrected chi connectivity index (χ3v) is 4.21. The normalized spacial score (nSPS) is 23.8. The van der Waals surface area contributed by atoms with Crippen molar-refractivity contribution >= 4 is 11.6 Å². The number of likely N-dealkylation sites (tertiary alicyclic amines) is 1. The predicted molar refractivity (Wildman–Crippen MR) is 81.2 cm³/mol. The second-order valence-electron chi connectivity index (χ2n) is 5.62. The molecule has 0 aromatic heterocycles. The van der Waals surface area contributed by atoms with E-state index in [9.17, 15) is 4.79 Å². The Labute approximate surface area is 122 Å². The van der Waals surface area contributed by atoms with Gasteiger partial charge in [0.25, 0.3) is 0 Å². The van der Waals surface area contributed by atoms with Crippen molar-refractivity contribution in [3.8, 4) is 0 Å². The fourth-order valence-corrected chi connectivity index (χ4v) is 2.69. The number of amides is 1. The van der Waals surface area contributed by atoms with Crippen molar-refractivity contribution in [2.45, 2.75) is 58.9 Å². The van der Waals surface area contributed by atoms with Gasteiger partial charge in [0.15, 0.2) is 0 Å². The molecule has 20 heavy (non-hydrogen) atoms. The van der Waals surface area contributed by atoms with Crippen LogP contribution in [0.4, 0.5) is 0 Å². The summed E-state index contributed by atoms with van der Waals surface area (Å²) in [6.07, 6.45) is 5.07. The summed E-state index contributed by atoms with van der Waals surface area (Å²) in [5, 5.41) is 15.4. The molecule has 1 fully saturated rings. The van der Waals surface area contributed by atoms with Gasteiger partial charge < -0.3 is 10.5 Å². The van der Waals surface area contributed by atoms with Gasteiger partial charge in [0.2, 0.25) is 5.91 Å². The van der Waals surface area contributed by atoms with Crippen LogP contribution in [0, 0.1) is 5.92 Å². The Balaban J connectivity index is 2.43. The molecule has 2 atom stereocenters. The van der Waals surface area contributed by atoms with Gasteiger partial charge >= 0.3 is 0 Å². The van der Waals surface area contributed by atoms with Crippen LogP contribution < -0.4 is 5.32 Å². The third-order valence-electron chi connectivity index (χ3n) is 4.21. The van der Waals surface area contributed by atoms with Crippen molar-refractivity contribution in [2.24, 2.45) is 11.1 Å². The van der Waals surface area contributed by atoms with Gasteiger partial charge in [0, 0.05) is 32.0 Å². The summed E-state index contributed by atoms with van der Waals surface area (Å²) < 4.78 is 0. The van der Waals surface area contributed by atoms with E-state index in [-0.39, 0.29) is 17.9 Å². The van der Waals surface area contributed by atoms with Gasteiger partial charge in [0.05, 0.1) is 11.8 Å². The second kappa shape index (κ2) is 8.95. The molecule has 0 bridgehead atoms. The number of carbonyl (C=O) groups is 1. The summed E-state index contributed by atoms with van der Waals surface area (Å²) in [7, 11) is 0. The summed E-state index contributed by atoms with van der Waals surface area (Å²) in [5.74, 6) is 0.379. The number of oxime groups is 1. The number of nitrogens with one attached hydrogen (secondary N) is 1. The molecule has 2 N–H and O–H groups in total. The molecule has 0 radical (unpaired) electrons. The molecule has 2 unspecified atom stereocenters. The maximum Gasteiger partial charge on any atom is 0.237 e. The zero-order chi connectivity index (χ0) is 15.0. The van der Waals surface area contributed by atoms with Crippen molar-refractivity contribution in [3.05, 3.63) is 0 Å². The molecule has 0 spiro atoms. The summed E-state index contributed by atoms with van der Waals surface area (Å²) in [4.78, 5) is 14.3. The van der Waals surface area contributed by atoms with E-state index < -0.39 is 0 Å². The van der Waals surface area contributed by atoms with Gasteiger partial charge in [0.1, 0.15) is 0 Å². The van der Waals surface area contributed by atoms with Crippen molar-refractivity contribution in [2.75, 3.05) is 19.6 Å². The molecule has 0 aliphatic carbocycles. The van der Waals surface area contributed by atoms with Gasteiger partial charge in [-0.15, -0.1) is 0 Å². The third kappa shape index (κ3) is 4.78. The second-order valence-corrected chi connectivity index (χ2v) is 5.62. The first-order valence-corrected chi connectivity index (χ1v) is 7.86. The van der Waals surface area contributed by atoms with E-state index in [0.717, 1.165) is 51.0 Å². The number of piperidine rings is 1. The fraction of sp³-hybridized carbons (Fsp3) is 0.867. The number of hydrogen-bond acceptors (Lipinski definition) is 4. The summed E-state index contributed by atoms with van der Waals surface area (Å²) in [6.45, 7) is 8.57. The van der Waals surface area contributed by atoms with Crippen LogP contribution in [0.5, 0.6) is 0 Å². The molecule has 1 saturated heterocycles. The SMILES string of the molecule is CCCCCNC(=O)C(C)N1CCC(=NO)C(CC)C1. The van der Waals surface area contributed by atoms with E-state index in [1.165, 1.54) is 6.42 Å². The number of hydrogen-bond donors (Lipinski definition) is 2. The van der Waals surface area contributed by atoms with Crippen LogP contribution in [0.25, 0.3) is 0 Å². The van der Waals surface area contributed by atoms with E-state index >= 15 is 0 Å². The Hall–Kier alpha value is -1.10. The lowest BCUT2D eigenvalue weighted by Gasteiger charge is -2.36. The van der Waals surface area contributed by atoms with E-state index in [4.69, 9.17) is 5.21 Å². The van der Waals surface area contributed by atoms with Crippen LogP contribution in [0.2, 0.25) is 0 Å². The van der Waals surface area contributed by atoms with Crippen LogP contribution in [-0.2, 0) is 4.79 Å². The molecule has 1 amide bonds. The Kier molecular flexibility index (Phi) is 7.59. The number of nitrogens with zero attached hydrogens (tertiary/aromatic N) is 2. The quantitative estimate of drug-likeness (QED) is 0.428. The molecular formula is C15H29N3O2. The Morgan fingerprint density at radius 2 is 2.25 bits per heavy atom. The summed E-state index contributed by atoms with van der Waals surface area (Å²) >= 11 is 0. The first-order chi connectivity index (χ1) is 9.63. The van der Waals surface area contributed by atoms with E-state index in [1.54, 1.807) is 0 Å². The standard InChI is InChI=1S/C15H29N3O2/c1-4-6-7-9-16-15(19)12(3)18-10-8-14(17-20)13(5-2)11-18/h12-13,20H,4-11H2,1-3H3,(H,16,19). The number of unbranched alkanes of at least 4 members (excludes halogenated alkanes) is 2. The molecule has 0 aromatic carbocycles. The highest BCUT2D eigenvalue weighted by molar-refractivity contribution is 5.88. The zero-order valence-corrected chi connectivity index (χ0v) is 13.1. The number of carbonyl (C=O) groups excluding carboxylic acids is 1. The van der Waals surface area contributed by atoms with Crippen molar-refractivity contribution in [3.63, 3.8) is 0 Å². The average molecular weight is 283 g/mol. The van der Waals surface area contributed by atoms with Gasteiger partial charge in [-0.05, 0) is 19.8 Å². The van der Waals surface area contributed by atoms with Crippen LogP contribution in [-0.4, -0.2) is 47.4 Å². The maximum absolute atomic E-state index is 12.1. The molecule has 116 valence electrons. The topological polar surface area (TPSA) is 64.9 Å². The minimum absolute atomic E-state index is 0.106. The molecule has 0 aromatic rings. The largest absolute Gasteiger partial charge is 0.411 e. The van der Waals surface area contributed by atoms with Gasteiger partial charge in [-0.25, -0.2) is 0 Å². The Morgan fingerprint density at radius 3 is 2.85 bits per heavy atom. The molecule has 5 nitrogen and oxygen atoms in total. The predicted octanol–water partition coefficient (Wildman–Crippen LogP) is 2.24. The Bertz CT molecular complexity index is 331. The first kappa shape index (κ1) is 17.0. The minimum atomic E-state index is -0.106. The highest BCUT2D eigenvalue weighted by Crippen LogP contribution is 2.19. The lowest BCUT2D eigenvalue weighted by Crippen LogP contribution is -2.51. The first-order valence-electron chi connectivity index (χ1n) is 7.86.